The number of hydrogen-bond acceptors (Lipinski definition) is 4. The number of fused-ring (bicyclic) bond motifs is 4. The number of nitrogens with zero attached hydrogens (tertiary/aromatic N) is 4. The van der Waals surface area contributed by atoms with E-state index >= 15 is 0 Å². The standard InChI is InChI=1S/C36H44N6O2/c1-5-9-15-23(7-3)21-41-33-31(37-25-17-11-13-19-27(25)39-33)29(35(41)43)30-32-34(40-28-20-14-12-18-26(28)38-32)42(36(30)44)22-24(8-4)16-10-6-2/h11-14,17-20,23-24,37-38H,5-10,15-16,21-22H2,1-4H3. The van der Waals surface area contributed by atoms with Gasteiger partial charge in [0.1, 0.15) is 0 Å². The van der Waals surface area contributed by atoms with E-state index in [9.17, 15) is 9.59 Å². The van der Waals surface area contributed by atoms with Crippen molar-refractivity contribution in [2.24, 2.45) is 11.8 Å². The number of nitrogens with one attached hydrogen (secondary N) is 2. The van der Waals surface area contributed by atoms with Gasteiger partial charge in [-0.2, -0.15) is 0 Å². The van der Waals surface area contributed by atoms with Crippen LogP contribution in [0.1, 0.15) is 79.1 Å². The molecule has 4 aliphatic rings. The largest absolute Gasteiger partial charge is 0.350 e. The minimum absolute atomic E-state index is 0.176. The van der Waals surface area contributed by atoms with Crippen LogP contribution in [-0.4, -0.2) is 29.1 Å². The smallest absolute Gasteiger partial charge is 0.262 e. The minimum atomic E-state index is -0.176. The van der Waals surface area contributed by atoms with Crippen LogP contribution in [0.2, 0.25) is 0 Å². The molecule has 0 aromatic heterocycles. The summed E-state index contributed by atoms with van der Waals surface area (Å²) in [5.74, 6) is 1.88. The monoisotopic (exact) mass is 592 g/mol. The van der Waals surface area contributed by atoms with Crippen molar-refractivity contribution in [3.63, 3.8) is 0 Å². The van der Waals surface area contributed by atoms with Crippen LogP contribution in [0.3, 0.4) is 0 Å². The van der Waals surface area contributed by atoms with Crippen LogP contribution in [0.5, 0.6) is 0 Å². The van der Waals surface area contributed by atoms with E-state index in [0.717, 1.165) is 73.4 Å². The number of H-pyrrole nitrogens is 2. The Labute approximate surface area is 258 Å². The lowest BCUT2D eigenvalue weighted by atomic mass is 9.99. The van der Waals surface area contributed by atoms with Crippen LogP contribution in [0.25, 0.3) is 56.2 Å². The van der Waals surface area contributed by atoms with Crippen LogP contribution in [-0.2, 0) is 13.1 Å². The second-order valence-corrected chi connectivity index (χ2v) is 12.3. The lowest BCUT2D eigenvalue weighted by Crippen LogP contribution is -2.24. The van der Waals surface area contributed by atoms with Gasteiger partial charge in [0.15, 0.2) is 11.6 Å². The summed E-state index contributed by atoms with van der Waals surface area (Å²) in [4.78, 5) is 46.3. The molecule has 0 fully saturated rings. The molecule has 0 saturated heterocycles. The van der Waals surface area contributed by atoms with Gasteiger partial charge in [-0.1, -0.05) is 90.5 Å². The lowest BCUT2D eigenvalue weighted by Gasteiger charge is -2.16. The Balaban J connectivity index is 1.63. The summed E-state index contributed by atoms with van der Waals surface area (Å²) in [6.45, 7) is 9.90. The maximum absolute atomic E-state index is 14.6. The molecule has 0 spiro atoms. The molecule has 2 N–H and O–H groups in total. The number of aromatic nitrogens is 6. The summed E-state index contributed by atoms with van der Waals surface area (Å²) in [5.41, 5.74) is 4.85. The van der Waals surface area contributed by atoms with Crippen LogP contribution in [0, 0.1) is 11.8 Å². The van der Waals surface area contributed by atoms with E-state index in [2.05, 4.69) is 37.7 Å². The highest BCUT2D eigenvalue weighted by Crippen LogP contribution is 2.37. The Bertz CT molecular complexity index is 1800. The zero-order valence-corrected chi connectivity index (χ0v) is 26.4. The average Bonchev–Trinajstić information content (AvgIpc) is 3.45. The molecule has 2 aromatic carbocycles. The van der Waals surface area contributed by atoms with Crippen molar-refractivity contribution >= 4 is 22.1 Å². The number of aromatic amines is 2. The molecular weight excluding hydrogens is 548 g/mol. The first-order chi connectivity index (χ1) is 21.5. The van der Waals surface area contributed by atoms with Gasteiger partial charge in [-0.25, -0.2) is 9.97 Å². The van der Waals surface area contributed by atoms with Gasteiger partial charge in [-0.15, -0.1) is 0 Å². The first kappa shape index (κ1) is 29.9. The van der Waals surface area contributed by atoms with E-state index < -0.39 is 0 Å². The van der Waals surface area contributed by atoms with E-state index in [1.54, 1.807) is 0 Å². The fourth-order valence-electron chi connectivity index (χ4n) is 6.64. The fourth-order valence-corrected chi connectivity index (χ4v) is 6.64. The zero-order chi connectivity index (χ0) is 30.8. The minimum Gasteiger partial charge on any atom is -0.350 e. The Morgan fingerprint density at radius 2 is 1.05 bits per heavy atom. The van der Waals surface area contributed by atoms with Gasteiger partial charge in [-0.05, 0) is 48.9 Å². The van der Waals surface area contributed by atoms with E-state index in [1.807, 2.05) is 57.7 Å². The summed E-state index contributed by atoms with van der Waals surface area (Å²) < 4.78 is 3.62. The molecule has 0 amide bonds. The maximum atomic E-state index is 14.6. The first-order valence-electron chi connectivity index (χ1n) is 16.5. The quantitative estimate of drug-likeness (QED) is 0.142. The third-order valence-corrected chi connectivity index (χ3v) is 9.37. The zero-order valence-electron chi connectivity index (χ0n) is 26.4. The van der Waals surface area contributed by atoms with E-state index in [0.29, 0.717) is 59.1 Å². The highest BCUT2D eigenvalue weighted by Gasteiger charge is 2.34. The maximum Gasteiger partial charge on any atom is 0.262 e. The predicted molar refractivity (Wildman–Crippen MR) is 180 cm³/mol. The average molecular weight is 593 g/mol. The second kappa shape index (κ2) is 12.8. The molecule has 44 heavy (non-hydrogen) atoms. The van der Waals surface area contributed by atoms with Gasteiger partial charge in [0.2, 0.25) is 0 Å². The Morgan fingerprint density at radius 1 is 0.636 bits per heavy atom. The summed E-state index contributed by atoms with van der Waals surface area (Å²) in [7, 11) is 0. The van der Waals surface area contributed by atoms with Crippen molar-refractivity contribution in [1.82, 2.24) is 29.1 Å². The van der Waals surface area contributed by atoms with Gasteiger partial charge >= 0.3 is 0 Å². The fraction of sp³-hybridized carbons (Fsp3) is 0.444. The summed E-state index contributed by atoms with van der Waals surface area (Å²) in [6.07, 6.45) is 8.49. The number of para-hydroxylation sites is 4. The molecule has 0 saturated carbocycles. The molecule has 6 rings (SSSR count). The molecule has 4 heterocycles. The summed E-state index contributed by atoms with van der Waals surface area (Å²) in [5, 5.41) is 0. The number of rotatable bonds is 13. The highest BCUT2D eigenvalue weighted by molar-refractivity contribution is 5.92. The number of unbranched alkanes of at least 4 members (excludes halogenated alkanes) is 2. The summed E-state index contributed by atoms with van der Waals surface area (Å²) >= 11 is 0. The van der Waals surface area contributed by atoms with Crippen LogP contribution < -0.4 is 11.1 Å². The molecule has 0 aliphatic carbocycles. The molecule has 0 bridgehead atoms. The SMILES string of the molecule is CCCCC(CC)Cn1c2nc3ccccc3[nH]c-2c(-c2c3[nH]c4ccccc4nc-3n(CC(CC)CCCC)c2=O)c1=O. The molecule has 8 heteroatoms. The molecule has 230 valence electrons. The molecular formula is C36H44N6O2. The Hall–Kier alpha value is -4.20. The van der Waals surface area contributed by atoms with Crippen molar-refractivity contribution in [1.29, 1.82) is 0 Å². The third-order valence-electron chi connectivity index (χ3n) is 9.37. The third kappa shape index (κ3) is 5.35. The topological polar surface area (TPSA) is 101 Å². The molecule has 2 unspecified atom stereocenters. The Morgan fingerprint density at radius 3 is 1.43 bits per heavy atom. The van der Waals surface area contributed by atoms with E-state index in [-0.39, 0.29) is 11.1 Å². The van der Waals surface area contributed by atoms with Gasteiger partial charge < -0.3 is 9.97 Å². The molecule has 2 aromatic rings. The van der Waals surface area contributed by atoms with E-state index in [1.165, 1.54) is 0 Å². The van der Waals surface area contributed by atoms with Crippen LogP contribution in [0.4, 0.5) is 0 Å². The molecule has 4 aliphatic heterocycles. The number of hydrogen-bond donors (Lipinski definition) is 2. The number of benzene rings is 2. The predicted octanol–water partition coefficient (Wildman–Crippen LogP) is 8.07. The first-order valence-corrected chi connectivity index (χ1v) is 16.5. The van der Waals surface area contributed by atoms with Gasteiger partial charge in [-0.3, -0.25) is 18.7 Å². The van der Waals surface area contributed by atoms with Gasteiger partial charge in [0.25, 0.3) is 11.1 Å². The molecule has 0 radical (unpaired) electrons. The lowest BCUT2D eigenvalue weighted by molar-refractivity contribution is 0.387. The van der Waals surface area contributed by atoms with Crippen molar-refractivity contribution in [2.45, 2.75) is 92.2 Å². The van der Waals surface area contributed by atoms with Crippen LogP contribution in [0.15, 0.2) is 58.1 Å². The molecule has 8 nitrogen and oxygen atoms in total. The highest BCUT2D eigenvalue weighted by atomic mass is 16.1. The van der Waals surface area contributed by atoms with Crippen molar-refractivity contribution < 1.29 is 0 Å². The van der Waals surface area contributed by atoms with Crippen LogP contribution >= 0.6 is 0 Å². The van der Waals surface area contributed by atoms with Gasteiger partial charge in [0.05, 0.1) is 44.6 Å². The van der Waals surface area contributed by atoms with E-state index in [4.69, 9.17) is 9.97 Å². The second-order valence-electron chi connectivity index (χ2n) is 12.3. The Kier molecular flexibility index (Phi) is 8.69. The normalized spacial score (nSPS) is 13.5. The van der Waals surface area contributed by atoms with Crippen molar-refractivity contribution in [2.75, 3.05) is 0 Å². The van der Waals surface area contributed by atoms with Crippen molar-refractivity contribution in [3.8, 4) is 34.2 Å². The molecule has 2 atom stereocenters. The van der Waals surface area contributed by atoms with Gasteiger partial charge in [0, 0.05) is 13.1 Å². The van der Waals surface area contributed by atoms with Crippen molar-refractivity contribution in [3.05, 3.63) is 69.2 Å². The summed E-state index contributed by atoms with van der Waals surface area (Å²) in [6, 6.07) is 15.7.